The smallest absolute Gasteiger partial charge is 0.301 e. The molecule has 1 aromatic heterocycles. The van der Waals surface area contributed by atoms with Gasteiger partial charge in [0.1, 0.15) is 0 Å². The van der Waals surface area contributed by atoms with Crippen LogP contribution in [0.25, 0.3) is 0 Å². The van der Waals surface area contributed by atoms with Crippen LogP contribution < -0.4 is 10.3 Å². The van der Waals surface area contributed by atoms with Crippen molar-refractivity contribution in [2.75, 3.05) is 0 Å². The normalized spacial score (nSPS) is 11.1. The van der Waals surface area contributed by atoms with Crippen molar-refractivity contribution in [3.63, 3.8) is 0 Å². The van der Waals surface area contributed by atoms with E-state index in [0.717, 1.165) is 6.07 Å². The Morgan fingerprint density at radius 2 is 2.05 bits per heavy atom. The molecule has 0 saturated carbocycles. The molecule has 0 saturated heterocycles. The molecule has 0 aliphatic rings. The van der Waals surface area contributed by atoms with Crippen LogP contribution in [0, 0.1) is 17.0 Å². The van der Waals surface area contributed by atoms with E-state index in [4.69, 9.17) is 4.42 Å². The lowest BCUT2D eigenvalue weighted by Crippen LogP contribution is -2.41. The lowest BCUT2D eigenvalue weighted by atomic mass is 10.2. The number of carbonyl (C=O) groups is 1. The maximum atomic E-state index is 12.0. The van der Waals surface area contributed by atoms with Gasteiger partial charge in [-0.15, -0.1) is 4.83 Å². The molecule has 0 spiro atoms. The van der Waals surface area contributed by atoms with Gasteiger partial charge in [-0.25, -0.2) is 8.42 Å². The first-order valence-electron chi connectivity index (χ1n) is 5.92. The molecule has 9 nitrogen and oxygen atoms in total. The first-order chi connectivity index (χ1) is 10.3. The summed E-state index contributed by atoms with van der Waals surface area (Å²) in [5.41, 5.74) is 1.94. The van der Waals surface area contributed by atoms with Gasteiger partial charge in [-0.05, 0) is 25.1 Å². The molecule has 0 radical (unpaired) electrons. The maximum Gasteiger partial charge on any atom is 0.301 e. The molecular weight excluding hydrogens is 314 g/mol. The molecule has 1 heterocycles. The van der Waals surface area contributed by atoms with Crippen molar-refractivity contribution in [2.24, 2.45) is 0 Å². The quantitative estimate of drug-likeness (QED) is 0.625. The molecule has 0 bridgehead atoms. The van der Waals surface area contributed by atoms with Crippen LogP contribution in [0.3, 0.4) is 0 Å². The van der Waals surface area contributed by atoms with Gasteiger partial charge in [0, 0.05) is 11.6 Å². The number of furan rings is 1. The van der Waals surface area contributed by atoms with E-state index >= 15 is 0 Å². The Morgan fingerprint density at radius 3 is 2.64 bits per heavy atom. The van der Waals surface area contributed by atoms with Crippen molar-refractivity contribution in [1.82, 2.24) is 10.3 Å². The van der Waals surface area contributed by atoms with Crippen molar-refractivity contribution in [3.8, 4) is 0 Å². The summed E-state index contributed by atoms with van der Waals surface area (Å²) >= 11 is 0. The minimum atomic E-state index is -4.15. The largest absolute Gasteiger partial charge is 0.459 e. The fourth-order valence-electron chi connectivity index (χ4n) is 1.59. The van der Waals surface area contributed by atoms with E-state index in [1.54, 1.807) is 0 Å². The van der Waals surface area contributed by atoms with Gasteiger partial charge >= 0.3 is 5.91 Å². The molecule has 2 N–H and O–H groups in total. The molecule has 1 aromatic carbocycles. The van der Waals surface area contributed by atoms with Gasteiger partial charge in [0.15, 0.2) is 5.76 Å². The average molecular weight is 325 g/mol. The zero-order valence-corrected chi connectivity index (χ0v) is 12.1. The summed E-state index contributed by atoms with van der Waals surface area (Å²) in [5, 5.41) is 10.8. The summed E-state index contributed by atoms with van der Waals surface area (Å²) in [6.45, 7) is 1.49. The van der Waals surface area contributed by atoms with Gasteiger partial charge in [0.05, 0.1) is 16.1 Å². The maximum absolute atomic E-state index is 12.0. The monoisotopic (exact) mass is 325 g/mol. The topological polar surface area (TPSA) is 132 Å². The van der Waals surface area contributed by atoms with Crippen LogP contribution >= 0.6 is 0 Å². The second kappa shape index (κ2) is 5.95. The standard InChI is InChI=1S/C12H11N3O6S/c1-8-4-5-9(7-10(8)15(17)18)22(19,20)14-13-12(16)11-3-2-6-21-11/h2-7,14H,1H3,(H,13,16). The van der Waals surface area contributed by atoms with E-state index in [1.807, 2.05) is 10.3 Å². The van der Waals surface area contributed by atoms with Crippen molar-refractivity contribution in [1.29, 1.82) is 0 Å². The third-order valence-electron chi connectivity index (χ3n) is 2.73. The second-order valence-electron chi connectivity index (χ2n) is 4.24. The number of carbonyl (C=O) groups excluding carboxylic acids is 1. The van der Waals surface area contributed by atoms with E-state index < -0.39 is 20.9 Å². The summed E-state index contributed by atoms with van der Waals surface area (Å²) in [6, 6.07) is 6.23. The zero-order chi connectivity index (χ0) is 16.3. The number of amides is 1. The molecule has 0 fully saturated rings. The van der Waals surface area contributed by atoms with Crippen LogP contribution in [0.4, 0.5) is 5.69 Å². The summed E-state index contributed by atoms with van der Waals surface area (Å²) in [7, 11) is -4.15. The number of nitrogens with zero attached hydrogens (tertiary/aromatic N) is 1. The van der Waals surface area contributed by atoms with Crippen LogP contribution in [-0.4, -0.2) is 19.2 Å². The molecule has 0 aliphatic carbocycles. The fourth-order valence-corrected chi connectivity index (χ4v) is 2.45. The van der Waals surface area contributed by atoms with Crippen LogP contribution in [0.5, 0.6) is 0 Å². The number of sulfonamides is 1. The SMILES string of the molecule is Cc1ccc(S(=O)(=O)NNC(=O)c2ccco2)cc1[N+](=O)[O-]. The van der Waals surface area contributed by atoms with Crippen molar-refractivity contribution >= 4 is 21.6 Å². The van der Waals surface area contributed by atoms with Gasteiger partial charge in [-0.1, -0.05) is 6.07 Å². The van der Waals surface area contributed by atoms with Crippen molar-refractivity contribution in [3.05, 3.63) is 58.0 Å². The highest BCUT2D eigenvalue weighted by atomic mass is 32.2. The number of benzene rings is 1. The van der Waals surface area contributed by atoms with Crippen LogP contribution in [0.1, 0.15) is 16.1 Å². The molecule has 10 heteroatoms. The highest BCUT2D eigenvalue weighted by molar-refractivity contribution is 7.89. The van der Waals surface area contributed by atoms with Gasteiger partial charge in [0.2, 0.25) is 0 Å². The second-order valence-corrected chi connectivity index (χ2v) is 5.92. The fraction of sp³-hybridized carbons (Fsp3) is 0.0833. The molecule has 2 aromatic rings. The Bertz CT molecular complexity index is 813. The molecule has 116 valence electrons. The summed E-state index contributed by atoms with van der Waals surface area (Å²) < 4.78 is 28.8. The molecule has 2 rings (SSSR count). The first kappa shape index (κ1) is 15.7. The van der Waals surface area contributed by atoms with Crippen molar-refractivity contribution < 1.29 is 22.6 Å². The van der Waals surface area contributed by atoms with Crippen LogP contribution in [0.2, 0.25) is 0 Å². The molecule has 22 heavy (non-hydrogen) atoms. The highest BCUT2D eigenvalue weighted by Crippen LogP contribution is 2.21. The van der Waals surface area contributed by atoms with E-state index in [9.17, 15) is 23.3 Å². The van der Waals surface area contributed by atoms with E-state index in [1.165, 1.54) is 37.5 Å². The number of nitro benzene ring substituents is 1. The predicted molar refractivity (Wildman–Crippen MR) is 74.3 cm³/mol. The summed E-state index contributed by atoms with van der Waals surface area (Å²) in [6.07, 6.45) is 1.26. The molecular formula is C12H11N3O6S. The number of rotatable bonds is 5. The number of hydrazine groups is 1. The minimum Gasteiger partial charge on any atom is -0.459 e. The number of hydrogen-bond acceptors (Lipinski definition) is 6. The number of nitro groups is 1. The van der Waals surface area contributed by atoms with Gasteiger partial charge in [-0.3, -0.25) is 20.3 Å². The number of nitrogens with one attached hydrogen (secondary N) is 2. The molecule has 0 aliphatic heterocycles. The van der Waals surface area contributed by atoms with E-state index in [2.05, 4.69) is 0 Å². The first-order valence-corrected chi connectivity index (χ1v) is 7.40. The Morgan fingerprint density at radius 1 is 1.32 bits per heavy atom. The van der Waals surface area contributed by atoms with Gasteiger partial charge < -0.3 is 4.42 Å². The van der Waals surface area contributed by atoms with E-state index in [0.29, 0.717) is 5.56 Å². The summed E-state index contributed by atoms with van der Waals surface area (Å²) in [4.78, 5) is 23.2. The lowest BCUT2D eigenvalue weighted by Gasteiger charge is -2.08. The third kappa shape index (κ3) is 3.30. The molecule has 0 unspecified atom stereocenters. The lowest BCUT2D eigenvalue weighted by molar-refractivity contribution is -0.385. The van der Waals surface area contributed by atoms with Gasteiger partial charge in [0.25, 0.3) is 15.7 Å². The van der Waals surface area contributed by atoms with Crippen LogP contribution in [0.15, 0.2) is 45.9 Å². The van der Waals surface area contributed by atoms with Crippen LogP contribution in [-0.2, 0) is 10.0 Å². The Balaban J connectivity index is 2.19. The minimum absolute atomic E-state index is 0.0856. The zero-order valence-electron chi connectivity index (χ0n) is 11.3. The molecule has 1 amide bonds. The molecule has 0 atom stereocenters. The Kier molecular flexibility index (Phi) is 4.24. The number of hydrogen-bond donors (Lipinski definition) is 2. The van der Waals surface area contributed by atoms with Gasteiger partial charge in [-0.2, -0.15) is 0 Å². The van der Waals surface area contributed by atoms with Crippen molar-refractivity contribution in [2.45, 2.75) is 11.8 Å². The number of aryl methyl sites for hydroxylation is 1. The Labute approximate surface area is 125 Å². The predicted octanol–water partition coefficient (Wildman–Crippen LogP) is 1.12. The van der Waals surface area contributed by atoms with E-state index in [-0.39, 0.29) is 16.3 Å². The average Bonchev–Trinajstić information content (AvgIpc) is 2.99. The summed E-state index contributed by atoms with van der Waals surface area (Å²) in [5.74, 6) is -0.882. The highest BCUT2D eigenvalue weighted by Gasteiger charge is 2.21. The Hall–Kier alpha value is -2.72. The third-order valence-corrected chi connectivity index (χ3v) is 3.98.